The third-order valence-electron chi connectivity index (χ3n) is 4.93. The summed E-state index contributed by atoms with van der Waals surface area (Å²) in [6.07, 6.45) is 6.36. The lowest BCUT2D eigenvalue weighted by Crippen LogP contribution is -2.68. The van der Waals surface area contributed by atoms with Crippen molar-refractivity contribution in [2.45, 2.75) is 32.1 Å². The topological polar surface area (TPSA) is 45.4 Å². The lowest BCUT2D eigenvalue weighted by molar-refractivity contribution is 0.350. The molecule has 0 radical (unpaired) electrons. The van der Waals surface area contributed by atoms with E-state index in [-0.39, 0.29) is 0 Å². The molecule has 0 fully saturated rings. The normalized spacial score (nSPS) is 11.3. The first kappa shape index (κ1) is 20.6. The van der Waals surface area contributed by atoms with Crippen LogP contribution in [-0.4, -0.2) is 14.5 Å². The zero-order valence-corrected chi connectivity index (χ0v) is 17.6. The smallest absolute Gasteiger partial charge is 0.380 e. The average molecular weight is 399 g/mol. The van der Waals surface area contributed by atoms with Crippen LogP contribution in [0.2, 0.25) is 0 Å². The van der Waals surface area contributed by atoms with Gasteiger partial charge in [0.05, 0.1) is 6.07 Å². The Morgan fingerprint density at radius 3 is 1.66 bits per heavy atom. The average Bonchev–Trinajstić information content (AvgIpc) is 2.80. The molecule has 3 nitrogen and oxygen atoms in total. The summed E-state index contributed by atoms with van der Waals surface area (Å²) in [4.78, 5) is 0. The van der Waals surface area contributed by atoms with Crippen LogP contribution < -0.4 is 15.6 Å². The highest BCUT2D eigenvalue weighted by Gasteiger charge is 2.44. The van der Waals surface area contributed by atoms with E-state index in [2.05, 4.69) is 84.0 Å². The van der Waals surface area contributed by atoms with Gasteiger partial charge in [0, 0.05) is 12.6 Å². The summed E-state index contributed by atoms with van der Waals surface area (Å²) in [6.45, 7) is 0. The molecule has 4 heteroatoms. The molecule has 29 heavy (non-hydrogen) atoms. The number of unbranched alkanes of at least 4 members (excludes halogenated alkanes) is 4. The van der Waals surface area contributed by atoms with Crippen molar-refractivity contribution >= 4 is 30.1 Å². The zero-order chi connectivity index (χ0) is 20.2. The third-order valence-corrected chi connectivity index (χ3v) is 8.75. The molecule has 0 saturated carbocycles. The number of benzene rings is 3. The minimum Gasteiger partial charge on any atom is -0.438 e. The summed E-state index contributed by atoms with van der Waals surface area (Å²) in [7, 11) is -2.75. The molecular formula is C25H26N2OSi. The fraction of sp³-hybridized carbons (Fsp3) is 0.200. The van der Waals surface area contributed by atoms with Crippen molar-refractivity contribution in [1.82, 2.24) is 0 Å². The first-order chi connectivity index (χ1) is 14.4. The first-order valence-electron chi connectivity index (χ1n) is 10.1. The Labute approximate surface area is 174 Å². The van der Waals surface area contributed by atoms with Crippen molar-refractivity contribution in [1.29, 1.82) is 5.26 Å². The highest BCUT2D eigenvalue weighted by atomic mass is 28.4. The van der Waals surface area contributed by atoms with Gasteiger partial charge in [0.2, 0.25) is 0 Å². The minimum absolute atomic E-state index is 0.625. The lowest BCUT2D eigenvalue weighted by atomic mass is 10.2. The maximum Gasteiger partial charge on any atom is 0.380 e. The Morgan fingerprint density at radius 2 is 1.21 bits per heavy atom. The molecule has 146 valence electrons. The van der Waals surface area contributed by atoms with E-state index >= 15 is 0 Å². The SMILES string of the molecule is N#CCCCCCC=NO[Si](c1ccccc1)(c1ccccc1)c1ccccc1. The molecule has 3 aromatic carbocycles. The molecule has 0 spiro atoms. The molecule has 0 amide bonds. The predicted octanol–water partition coefficient (Wildman–Crippen LogP) is 4.13. The number of hydrogen-bond acceptors (Lipinski definition) is 3. The van der Waals surface area contributed by atoms with E-state index in [1.165, 1.54) is 15.6 Å². The van der Waals surface area contributed by atoms with Crippen LogP contribution in [0.5, 0.6) is 0 Å². The van der Waals surface area contributed by atoms with Gasteiger partial charge in [-0.05, 0) is 34.8 Å². The van der Waals surface area contributed by atoms with Crippen molar-refractivity contribution in [3.63, 3.8) is 0 Å². The Morgan fingerprint density at radius 1 is 0.724 bits per heavy atom. The highest BCUT2D eigenvalue weighted by molar-refractivity contribution is 7.07. The number of oxime groups is 1. The number of rotatable bonds is 10. The summed E-state index contributed by atoms with van der Waals surface area (Å²) >= 11 is 0. The molecule has 0 aliphatic carbocycles. The molecule has 0 N–H and O–H groups in total. The van der Waals surface area contributed by atoms with Crippen LogP contribution in [0.15, 0.2) is 96.2 Å². The molecule has 0 atom stereocenters. The van der Waals surface area contributed by atoms with Gasteiger partial charge in [-0.25, -0.2) is 0 Å². The van der Waals surface area contributed by atoms with Gasteiger partial charge in [-0.15, -0.1) is 5.16 Å². The van der Waals surface area contributed by atoms with Crippen LogP contribution >= 0.6 is 0 Å². The summed E-state index contributed by atoms with van der Waals surface area (Å²) in [6, 6.07) is 33.5. The van der Waals surface area contributed by atoms with E-state index in [1.54, 1.807) is 0 Å². The Kier molecular flexibility index (Phi) is 7.79. The molecule has 0 aromatic heterocycles. The van der Waals surface area contributed by atoms with Crippen molar-refractivity contribution in [2.75, 3.05) is 0 Å². The fourth-order valence-electron chi connectivity index (χ4n) is 3.46. The highest BCUT2D eigenvalue weighted by Crippen LogP contribution is 2.10. The second-order valence-electron chi connectivity index (χ2n) is 6.92. The van der Waals surface area contributed by atoms with Crippen LogP contribution in [0.3, 0.4) is 0 Å². The van der Waals surface area contributed by atoms with Crippen LogP contribution in [0, 0.1) is 11.3 Å². The summed E-state index contributed by atoms with van der Waals surface area (Å²) in [5, 5.41) is 16.6. The molecular weight excluding hydrogens is 372 g/mol. The van der Waals surface area contributed by atoms with Gasteiger partial charge in [-0.3, -0.25) is 0 Å². The number of hydrogen-bond donors (Lipinski definition) is 0. The van der Waals surface area contributed by atoms with Crippen molar-refractivity contribution < 1.29 is 4.53 Å². The summed E-state index contributed by atoms with van der Waals surface area (Å²) in [5.74, 6) is 0. The number of nitrogens with zero attached hydrogens (tertiary/aromatic N) is 2. The summed E-state index contributed by atoms with van der Waals surface area (Å²) < 4.78 is 6.47. The Balaban J connectivity index is 1.92. The lowest BCUT2D eigenvalue weighted by Gasteiger charge is -2.30. The van der Waals surface area contributed by atoms with Gasteiger partial charge in [0.1, 0.15) is 0 Å². The van der Waals surface area contributed by atoms with Gasteiger partial charge in [0.15, 0.2) is 0 Å². The maximum absolute atomic E-state index is 8.63. The molecule has 0 unspecified atom stereocenters. The second kappa shape index (κ2) is 11.0. The van der Waals surface area contributed by atoms with Crippen LogP contribution in [0.1, 0.15) is 32.1 Å². The number of nitriles is 1. The third kappa shape index (κ3) is 5.22. The molecule has 0 bridgehead atoms. The largest absolute Gasteiger partial charge is 0.438 e. The maximum atomic E-state index is 8.63. The molecule has 3 aromatic rings. The van der Waals surface area contributed by atoms with Crippen molar-refractivity contribution in [2.24, 2.45) is 5.16 Å². The quantitative estimate of drug-likeness (QED) is 0.169. The van der Waals surface area contributed by atoms with Crippen molar-refractivity contribution in [3.8, 4) is 6.07 Å². The van der Waals surface area contributed by atoms with Crippen LogP contribution in [0.4, 0.5) is 0 Å². The van der Waals surface area contributed by atoms with Crippen molar-refractivity contribution in [3.05, 3.63) is 91.0 Å². The minimum atomic E-state index is -2.75. The first-order valence-corrected chi connectivity index (χ1v) is 12.0. The zero-order valence-electron chi connectivity index (χ0n) is 16.6. The van der Waals surface area contributed by atoms with E-state index in [0.717, 1.165) is 25.7 Å². The molecule has 0 aliphatic heterocycles. The van der Waals surface area contributed by atoms with Gasteiger partial charge < -0.3 is 4.53 Å². The Hall–Kier alpha value is -3.16. The van der Waals surface area contributed by atoms with Gasteiger partial charge in [0.25, 0.3) is 0 Å². The van der Waals surface area contributed by atoms with E-state index < -0.39 is 8.32 Å². The molecule has 0 aliphatic rings. The summed E-state index contributed by atoms with van der Waals surface area (Å²) in [5.41, 5.74) is 0. The van der Waals surface area contributed by atoms with Crippen LogP contribution in [-0.2, 0) is 4.53 Å². The van der Waals surface area contributed by atoms with E-state index in [4.69, 9.17) is 9.79 Å². The standard InChI is InChI=1S/C25H26N2OSi/c26-21-13-2-1-3-14-22-27-28-29(23-15-7-4-8-16-23,24-17-9-5-10-18-24)25-19-11-6-12-20-25/h4-12,15-20,22H,1-3,13-14H2. The molecule has 3 rings (SSSR count). The van der Waals surface area contributed by atoms with Gasteiger partial charge in [-0.1, -0.05) is 97.4 Å². The van der Waals surface area contributed by atoms with Gasteiger partial charge in [-0.2, -0.15) is 5.26 Å². The molecule has 0 saturated heterocycles. The molecule has 0 heterocycles. The monoisotopic (exact) mass is 398 g/mol. The van der Waals surface area contributed by atoms with E-state index in [9.17, 15) is 0 Å². The second-order valence-corrected chi connectivity index (χ2v) is 10.2. The predicted molar refractivity (Wildman–Crippen MR) is 122 cm³/mol. The van der Waals surface area contributed by atoms with E-state index in [0.29, 0.717) is 6.42 Å². The fourth-order valence-corrected chi connectivity index (χ4v) is 7.00. The van der Waals surface area contributed by atoms with Gasteiger partial charge >= 0.3 is 8.32 Å². The van der Waals surface area contributed by atoms with Crippen LogP contribution in [0.25, 0.3) is 0 Å². The van der Waals surface area contributed by atoms with E-state index in [1.807, 2.05) is 24.4 Å². The Bertz CT molecular complexity index is 825.